The molecule has 1 aromatic heterocycles. The van der Waals surface area contributed by atoms with Crippen molar-refractivity contribution in [3.8, 4) is 5.75 Å². The molecule has 0 atom stereocenters. The van der Waals surface area contributed by atoms with Crippen LogP contribution in [0.25, 0.3) is 0 Å². The maximum absolute atomic E-state index is 12.3. The van der Waals surface area contributed by atoms with Crippen LogP contribution in [0.4, 0.5) is 0 Å². The highest BCUT2D eigenvalue weighted by Gasteiger charge is 2.16. The Labute approximate surface area is 135 Å². The Morgan fingerprint density at radius 3 is 2.77 bits per heavy atom. The second-order valence-corrected chi connectivity index (χ2v) is 5.58. The van der Waals surface area contributed by atoms with E-state index in [1.165, 1.54) is 4.68 Å². The first-order chi connectivity index (χ1) is 10.4. The van der Waals surface area contributed by atoms with E-state index >= 15 is 0 Å². The lowest BCUT2D eigenvalue weighted by Gasteiger charge is -2.09. The zero-order valence-corrected chi connectivity index (χ0v) is 13.8. The van der Waals surface area contributed by atoms with Gasteiger partial charge in [0.1, 0.15) is 5.75 Å². The lowest BCUT2D eigenvalue weighted by molar-refractivity contribution is 0.0817. The van der Waals surface area contributed by atoms with Gasteiger partial charge < -0.3 is 4.74 Å². The number of hydrogen-bond donors (Lipinski definition) is 0. The molecule has 0 amide bonds. The molecule has 116 valence electrons. The monoisotopic (exact) mass is 318 g/mol. The van der Waals surface area contributed by atoms with Crippen LogP contribution in [0.3, 0.4) is 0 Å². The summed E-state index contributed by atoms with van der Waals surface area (Å²) in [5, 5.41) is 4.94. The molecule has 0 fully saturated rings. The first kappa shape index (κ1) is 16.3. The molecule has 22 heavy (non-hydrogen) atoms. The van der Waals surface area contributed by atoms with Gasteiger partial charge in [0.2, 0.25) is 0 Å². The number of allylic oxidation sites excluding steroid dienone is 1. The van der Waals surface area contributed by atoms with Crippen LogP contribution in [0.5, 0.6) is 5.75 Å². The van der Waals surface area contributed by atoms with Crippen LogP contribution < -0.4 is 4.74 Å². The van der Waals surface area contributed by atoms with Crippen molar-refractivity contribution in [2.75, 3.05) is 6.61 Å². The van der Waals surface area contributed by atoms with E-state index in [4.69, 9.17) is 16.3 Å². The Balaban J connectivity index is 2.13. The van der Waals surface area contributed by atoms with Gasteiger partial charge in [-0.1, -0.05) is 17.7 Å². The molecule has 2 aromatic rings. The standard InChI is InChI=1S/C17H19ClN2O2/c1-5-6-15-12(3)19-20(13(15)4)17(21)10-22-16-8-7-14(18)9-11(16)2/h5,7-9H,1,6,10H2,2-4H3. The minimum Gasteiger partial charge on any atom is -0.483 e. The second kappa shape index (κ2) is 6.79. The Morgan fingerprint density at radius 1 is 1.41 bits per heavy atom. The molecular formula is C17H19ClN2O2. The van der Waals surface area contributed by atoms with E-state index in [1.807, 2.05) is 20.8 Å². The lowest BCUT2D eigenvalue weighted by atomic mass is 10.1. The third-order valence-electron chi connectivity index (χ3n) is 3.51. The second-order valence-electron chi connectivity index (χ2n) is 5.15. The van der Waals surface area contributed by atoms with E-state index in [-0.39, 0.29) is 12.5 Å². The van der Waals surface area contributed by atoms with E-state index in [0.717, 1.165) is 22.5 Å². The fourth-order valence-corrected chi connectivity index (χ4v) is 2.56. The summed E-state index contributed by atoms with van der Waals surface area (Å²) < 4.78 is 6.99. The van der Waals surface area contributed by atoms with Crippen LogP contribution >= 0.6 is 11.6 Å². The molecule has 0 saturated carbocycles. The van der Waals surface area contributed by atoms with Gasteiger partial charge in [-0.3, -0.25) is 4.79 Å². The quantitative estimate of drug-likeness (QED) is 0.785. The molecular weight excluding hydrogens is 300 g/mol. The van der Waals surface area contributed by atoms with Crippen molar-refractivity contribution >= 4 is 17.5 Å². The molecule has 0 aliphatic heterocycles. The molecule has 0 aliphatic rings. The van der Waals surface area contributed by atoms with Crippen molar-refractivity contribution in [3.63, 3.8) is 0 Å². The molecule has 1 aromatic carbocycles. The molecule has 1 heterocycles. The summed E-state index contributed by atoms with van der Waals surface area (Å²) >= 11 is 5.90. The molecule has 0 aliphatic carbocycles. The van der Waals surface area contributed by atoms with Gasteiger partial charge in [-0.05, 0) is 51.0 Å². The maximum atomic E-state index is 12.3. The van der Waals surface area contributed by atoms with E-state index in [2.05, 4.69) is 11.7 Å². The lowest BCUT2D eigenvalue weighted by Crippen LogP contribution is -2.22. The summed E-state index contributed by atoms with van der Waals surface area (Å²) in [6.45, 7) is 9.31. The van der Waals surface area contributed by atoms with Gasteiger partial charge in [0.05, 0.1) is 5.69 Å². The number of hydrogen-bond acceptors (Lipinski definition) is 3. The Kier molecular flexibility index (Phi) is 5.03. The average Bonchev–Trinajstić information content (AvgIpc) is 2.74. The van der Waals surface area contributed by atoms with E-state index in [9.17, 15) is 4.79 Å². The molecule has 0 unspecified atom stereocenters. The Morgan fingerprint density at radius 2 is 2.14 bits per heavy atom. The van der Waals surface area contributed by atoms with Crippen LogP contribution in [0.1, 0.15) is 27.3 Å². The predicted molar refractivity (Wildman–Crippen MR) is 87.9 cm³/mol. The molecule has 0 radical (unpaired) electrons. The zero-order valence-electron chi connectivity index (χ0n) is 13.0. The number of carbonyl (C=O) groups excluding carboxylic acids is 1. The molecule has 2 rings (SSSR count). The third-order valence-corrected chi connectivity index (χ3v) is 3.75. The fourth-order valence-electron chi connectivity index (χ4n) is 2.33. The number of carbonyl (C=O) groups is 1. The normalized spacial score (nSPS) is 10.5. The number of halogens is 1. The van der Waals surface area contributed by atoms with Crippen molar-refractivity contribution in [1.82, 2.24) is 9.78 Å². The van der Waals surface area contributed by atoms with Crippen molar-refractivity contribution in [2.45, 2.75) is 27.2 Å². The SMILES string of the molecule is C=CCc1c(C)nn(C(=O)COc2ccc(Cl)cc2C)c1C. The number of aryl methyl sites for hydroxylation is 2. The van der Waals surface area contributed by atoms with Crippen molar-refractivity contribution in [1.29, 1.82) is 0 Å². The van der Waals surface area contributed by atoms with Gasteiger partial charge in [-0.25, -0.2) is 4.68 Å². The van der Waals surface area contributed by atoms with Crippen LogP contribution in [0.2, 0.25) is 5.02 Å². The minimum absolute atomic E-state index is 0.0715. The van der Waals surface area contributed by atoms with Crippen LogP contribution in [-0.2, 0) is 6.42 Å². The topological polar surface area (TPSA) is 44.1 Å². The van der Waals surface area contributed by atoms with E-state index < -0.39 is 0 Å². The van der Waals surface area contributed by atoms with Crippen molar-refractivity contribution in [3.05, 3.63) is 58.4 Å². The first-order valence-corrected chi connectivity index (χ1v) is 7.40. The summed E-state index contributed by atoms with van der Waals surface area (Å²) in [5.41, 5.74) is 3.60. The highest BCUT2D eigenvalue weighted by molar-refractivity contribution is 6.30. The molecule has 0 bridgehead atoms. The fraction of sp³-hybridized carbons (Fsp3) is 0.294. The van der Waals surface area contributed by atoms with Crippen LogP contribution in [0, 0.1) is 20.8 Å². The number of benzene rings is 1. The van der Waals surface area contributed by atoms with E-state index in [0.29, 0.717) is 17.2 Å². The Hall–Kier alpha value is -2.07. The molecule has 4 nitrogen and oxygen atoms in total. The number of aromatic nitrogens is 2. The summed E-state index contributed by atoms with van der Waals surface area (Å²) in [6.07, 6.45) is 2.50. The number of rotatable bonds is 5. The largest absolute Gasteiger partial charge is 0.483 e. The summed E-state index contributed by atoms with van der Waals surface area (Å²) in [7, 11) is 0. The number of ether oxygens (including phenoxy) is 1. The number of nitrogens with zero attached hydrogens (tertiary/aromatic N) is 2. The van der Waals surface area contributed by atoms with Gasteiger partial charge in [-0.15, -0.1) is 6.58 Å². The highest BCUT2D eigenvalue weighted by atomic mass is 35.5. The molecule has 0 N–H and O–H groups in total. The van der Waals surface area contributed by atoms with Gasteiger partial charge in [0, 0.05) is 16.3 Å². The van der Waals surface area contributed by atoms with Gasteiger partial charge >= 0.3 is 0 Å². The average molecular weight is 319 g/mol. The first-order valence-electron chi connectivity index (χ1n) is 7.02. The van der Waals surface area contributed by atoms with Crippen molar-refractivity contribution < 1.29 is 9.53 Å². The molecule has 0 saturated heterocycles. The summed E-state index contributed by atoms with van der Waals surface area (Å²) in [5.74, 6) is 0.441. The Bertz CT molecular complexity index is 720. The smallest absolute Gasteiger partial charge is 0.284 e. The zero-order chi connectivity index (χ0) is 16.3. The van der Waals surface area contributed by atoms with Gasteiger partial charge in [0.15, 0.2) is 6.61 Å². The van der Waals surface area contributed by atoms with Crippen molar-refractivity contribution in [2.24, 2.45) is 0 Å². The molecule has 0 spiro atoms. The summed E-state index contributed by atoms with van der Waals surface area (Å²) in [6, 6.07) is 5.29. The van der Waals surface area contributed by atoms with Crippen LogP contribution in [-0.4, -0.2) is 22.3 Å². The van der Waals surface area contributed by atoms with Gasteiger partial charge in [0.25, 0.3) is 5.91 Å². The third kappa shape index (κ3) is 3.39. The van der Waals surface area contributed by atoms with Gasteiger partial charge in [-0.2, -0.15) is 5.10 Å². The minimum atomic E-state index is -0.203. The predicted octanol–water partition coefficient (Wildman–Crippen LogP) is 3.91. The highest BCUT2D eigenvalue weighted by Crippen LogP contribution is 2.22. The summed E-state index contributed by atoms with van der Waals surface area (Å²) in [4.78, 5) is 12.3. The maximum Gasteiger partial charge on any atom is 0.284 e. The molecule has 5 heteroatoms. The van der Waals surface area contributed by atoms with Crippen LogP contribution in [0.15, 0.2) is 30.9 Å². The van der Waals surface area contributed by atoms with E-state index in [1.54, 1.807) is 24.3 Å².